The Morgan fingerprint density at radius 3 is 2.44 bits per heavy atom. The molecule has 1 amide bonds. The van der Waals surface area contributed by atoms with E-state index in [2.05, 4.69) is 49.4 Å². The molecule has 0 bridgehead atoms. The predicted octanol–water partition coefficient (Wildman–Crippen LogP) is 4.35. The Kier molecular flexibility index (Phi) is 8.17. The summed E-state index contributed by atoms with van der Waals surface area (Å²) in [5, 5.41) is 6.36. The molecule has 32 heavy (non-hydrogen) atoms. The molecule has 1 aromatic heterocycles. The summed E-state index contributed by atoms with van der Waals surface area (Å²) >= 11 is 3.61. The van der Waals surface area contributed by atoms with Crippen LogP contribution in [0.4, 0.5) is 5.69 Å². The number of rotatable bonds is 7. The van der Waals surface area contributed by atoms with E-state index in [-0.39, 0.29) is 18.0 Å². The van der Waals surface area contributed by atoms with E-state index in [0.717, 1.165) is 46.4 Å². The monoisotopic (exact) mass is 502 g/mol. The Labute approximate surface area is 199 Å². The van der Waals surface area contributed by atoms with Crippen LogP contribution in [0.3, 0.4) is 0 Å². The number of pyridine rings is 1. The van der Waals surface area contributed by atoms with Crippen molar-refractivity contribution in [2.24, 2.45) is 0 Å². The fourth-order valence-corrected chi connectivity index (χ4v) is 5.31. The lowest BCUT2D eigenvalue weighted by Gasteiger charge is -2.39. The first-order valence-corrected chi connectivity index (χ1v) is 12.3. The number of H-pyrrole nitrogens is 1. The van der Waals surface area contributed by atoms with Crippen molar-refractivity contribution in [3.63, 3.8) is 0 Å². The minimum absolute atomic E-state index is 0.149. The van der Waals surface area contributed by atoms with Crippen LogP contribution >= 0.6 is 15.9 Å². The number of benzene rings is 1. The van der Waals surface area contributed by atoms with Gasteiger partial charge in [-0.05, 0) is 89.8 Å². The van der Waals surface area contributed by atoms with Crippen molar-refractivity contribution in [1.82, 2.24) is 15.6 Å². The second kappa shape index (κ2) is 10.7. The molecule has 3 N–H and O–H groups in total. The maximum absolute atomic E-state index is 13.1. The minimum Gasteiger partial charge on any atom is -0.369 e. The van der Waals surface area contributed by atoms with Gasteiger partial charge in [0, 0.05) is 52.2 Å². The summed E-state index contributed by atoms with van der Waals surface area (Å²) in [5.41, 5.74) is 4.85. The summed E-state index contributed by atoms with van der Waals surface area (Å²) in [5.74, 6) is -0.167. The lowest BCUT2D eigenvalue weighted by Crippen LogP contribution is -2.42. The Morgan fingerprint density at radius 2 is 1.84 bits per heavy atom. The number of carbonyl (C=O) groups excluding carboxylic acids is 1. The fraction of sp³-hybridized carbons (Fsp3) is 0.520. The van der Waals surface area contributed by atoms with Gasteiger partial charge < -0.3 is 20.5 Å². The third kappa shape index (κ3) is 5.44. The molecule has 1 heterocycles. The minimum atomic E-state index is -0.167. The molecule has 0 aliphatic heterocycles. The van der Waals surface area contributed by atoms with Gasteiger partial charge in [-0.1, -0.05) is 15.9 Å². The second-order valence-corrected chi connectivity index (χ2v) is 9.72. The molecule has 0 spiro atoms. The maximum atomic E-state index is 13.1. The van der Waals surface area contributed by atoms with Crippen molar-refractivity contribution in [1.29, 1.82) is 0 Å². The van der Waals surface area contributed by atoms with E-state index in [1.165, 1.54) is 12.8 Å². The molecule has 174 valence electrons. The molecule has 2 aromatic rings. The number of anilines is 1. The van der Waals surface area contributed by atoms with Gasteiger partial charge in [0.05, 0.1) is 0 Å². The van der Waals surface area contributed by atoms with Crippen LogP contribution in [0, 0.1) is 20.8 Å². The van der Waals surface area contributed by atoms with Gasteiger partial charge in [-0.25, -0.2) is 0 Å². The smallest absolute Gasteiger partial charge is 0.253 e. The zero-order valence-electron chi connectivity index (χ0n) is 19.8. The highest BCUT2D eigenvalue weighted by molar-refractivity contribution is 9.10. The molecular formula is C25H35BrN4O2. The molecule has 1 aliphatic rings. The number of aromatic amines is 1. The van der Waals surface area contributed by atoms with Gasteiger partial charge in [-0.15, -0.1) is 0 Å². The molecule has 0 radical (unpaired) electrons. The number of nitrogens with one attached hydrogen (secondary N) is 3. The first-order chi connectivity index (χ1) is 15.2. The van der Waals surface area contributed by atoms with E-state index in [9.17, 15) is 9.59 Å². The molecule has 0 atom stereocenters. The number of halogens is 1. The molecule has 0 unspecified atom stereocenters. The number of aromatic nitrogens is 1. The summed E-state index contributed by atoms with van der Waals surface area (Å²) in [6.45, 7) is 9.04. The van der Waals surface area contributed by atoms with Crippen LogP contribution in [0.25, 0.3) is 0 Å². The Hall–Kier alpha value is -2.12. The SMILES string of the molecule is CCN(c1cc(Br)cc(C(=O)NCc2c(C)cc(C)[nH]c2=O)c1C)[C@H]1CC[C@H](NC)CC1. The largest absolute Gasteiger partial charge is 0.369 e. The molecular weight excluding hydrogens is 468 g/mol. The number of aryl methyl sites for hydroxylation is 2. The first-order valence-electron chi connectivity index (χ1n) is 11.5. The van der Waals surface area contributed by atoms with Crippen LogP contribution in [0.2, 0.25) is 0 Å². The number of nitrogens with zero attached hydrogens (tertiary/aromatic N) is 1. The molecule has 1 aliphatic carbocycles. The average Bonchev–Trinajstić information content (AvgIpc) is 2.75. The highest BCUT2D eigenvalue weighted by atomic mass is 79.9. The highest BCUT2D eigenvalue weighted by Gasteiger charge is 2.27. The normalized spacial score (nSPS) is 18.4. The van der Waals surface area contributed by atoms with Crippen LogP contribution in [0.1, 0.15) is 65.3 Å². The molecule has 1 fully saturated rings. The van der Waals surface area contributed by atoms with E-state index in [4.69, 9.17) is 0 Å². The van der Waals surface area contributed by atoms with E-state index >= 15 is 0 Å². The first kappa shape index (κ1) is 24.5. The molecule has 1 saturated carbocycles. The summed E-state index contributed by atoms with van der Waals surface area (Å²) in [6, 6.07) is 6.99. The fourth-order valence-electron chi connectivity index (χ4n) is 4.87. The summed E-state index contributed by atoms with van der Waals surface area (Å²) in [7, 11) is 2.04. The highest BCUT2D eigenvalue weighted by Crippen LogP contribution is 2.33. The number of hydrogen-bond donors (Lipinski definition) is 3. The van der Waals surface area contributed by atoms with Gasteiger partial charge in [0.25, 0.3) is 11.5 Å². The number of hydrogen-bond acceptors (Lipinski definition) is 4. The molecule has 1 aromatic carbocycles. The average molecular weight is 503 g/mol. The van der Waals surface area contributed by atoms with E-state index < -0.39 is 0 Å². The molecule has 7 heteroatoms. The second-order valence-electron chi connectivity index (χ2n) is 8.80. The van der Waals surface area contributed by atoms with Gasteiger partial charge >= 0.3 is 0 Å². The number of amides is 1. The molecule has 6 nitrogen and oxygen atoms in total. The summed E-state index contributed by atoms with van der Waals surface area (Å²) < 4.78 is 0.884. The summed E-state index contributed by atoms with van der Waals surface area (Å²) in [6.07, 6.45) is 4.62. The molecule has 0 saturated heterocycles. The zero-order valence-corrected chi connectivity index (χ0v) is 21.4. The lowest BCUT2D eigenvalue weighted by molar-refractivity contribution is 0.0950. The van der Waals surface area contributed by atoms with Crippen LogP contribution in [-0.2, 0) is 6.54 Å². The van der Waals surface area contributed by atoms with Crippen molar-refractivity contribution < 1.29 is 4.79 Å². The van der Waals surface area contributed by atoms with Crippen molar-refractivity contribution >= 4 is 27.5 Å². The standard InChI is InChI=1S/C25H35BrN4O2/c1-6-30(20-9-7-19(27-5)8-10-20)23-13-18(26)12-21(17(23)4)24(31)28-14-22-15(2)11-16(3)29-25(22)32/h11-13,19-20,27H,6-10,14H2,1-5H3,(H,28,31)(H,29,32)/t19-,20-. The van der Waals surface area contributed by atoms with E-state index in [0.29, 0.717) is 23.2 Å². The van der Waals surface area contributed by atoms with E-state index in [1.807, 2.05) is 40.0 Å². The summed E-state index contributed by atoms with van der Waals surface area (Å²) in [4.78, 5) is 30.7. The Bertz CT molecular complexity index is 1030. The van der Waals surface area contributed by atoms with Gasteiger partial charge in [-0.2, -0.15) is 0 Å². The molecule has 3 rings (SSSR count). The van der Waals surface area contributed by atoms with Crippen molar-refractivity contribution in [2.75, 3.05) is 18.5 Å². The topological polar surface area (TPSA) is 77.2 Å². The maximum Gasteiger partial charge on any atom is 0.253 e. The van der Waals surface area contributed by atoms with Crippen molar-refractivity contribution in [3.05, 3.63) is 61.0 Å². The van der Waals surface area contributed by atoms with Crippen molar-refractivity contribution in [3.8, 4) is 0 Å². The van der Waals surface area contributed by atoms with Gasteiger partial charge in [-0.3, -0.25) is 9.59 Å². The van der Waals surface area contributed by atoms with Crippen LogP contribution in [-0.4, -0.2) is 36.6 Å². The van der Waals surface area contributed by atoms with Crippen LogP contribution in [0.15, 0.2) is 27.5 Å². The van der Waals surface area contributed by atoms with Gasteiger partial charge in [0.2, 0.25) is 0 Å². The number of carbonyl (C=O) groups is 1. The predicted molar refractivity (Wildman–Crippen MR) is 135 cm³/mol. The zero-order chi connectivity index (χ0) is 23.4. The van der Waals surface area contributed by atoms with Gasteiger partial charge in [0.1, 0.15) is 0 Å². The Morgan fingerprint density at radius 1 is 1.16 bits per heavy atom. The quantitative estimate of drug-likeness (QED) is 0.525. The lowest BCUT2D eigenvalue weighted by atomic mass is 9.89. The van der Waals surface area contributed by atoms with Crippen molar-refractivity contribution in [2.45, 2.75) is 72.0 Å². The third-order valence-electron chi connectivity index (χ3n) is 6.71. The Balaban J connectivity index is 1.82. The third-order valence-corrected chi connectivity index (χ3v) is 7.16. The van der Waals surface area contributed by atoms with Gasteiger partial charge in [0.15, 0.2) is 0 Å². The van der Waals surface area contributed by atoms with E-state index in [1.54, 1.807) is 0 Å². The van der Waals surface area contributed by atoms with Crippen LogP contribution in [0.5, 0.6) is 0 Å². The van der Waals surface area contributed by atoms with Crippen LogP contribution < -0.4 is 21.1 Å².